The van der Waals surface area contributed by atoms with Crippen LogP contribution < -0.4 is 11.1 Å². The second-order valence-corrected chi connectivity index (χ2v) is 6.02. The minimum Gasteiger partial charge on any atom is -0.465 e. The molecule has 6 heteroatoms. The number of thiophene rings is 1. The van der Waals surface area contributed by atoms with Gasteiger partial charge in [0.2, 0.25) is 5.91 Å². The van der Waals surface area contributed by atoms with E-state index in [1.807, 2.05) is 6.92 Å². The second-order valence-electron chi connectivity index (χ2n) is 4.91. The SMILES string of the molecule is CC[C@@H](N)C(=O)Nc1sc2c(c1C(=O)OC)CCCC2. The molecule has 0 spiro atoms. The summed E-state index contributed by atoms with van der Waals surface area (Å²) in [4.78, 5) is 25.1. The first kappa shape index (κ1) is 15.0. The number of fused-ring (bicyclic) bond motifs is 1. The maximum absolute atomic E-state index is 12.0. The van der Waals surface area contributed by atoms with E-state index in [2.05, 4.69) is 5.32 Å². The fraction of sp³-hybridized carbons (Fsp3) is 0.571. The molecule has 110 valence electrons. The number of ether oxygens (including phenoxy) is 1. The van der Waals surface area contributed by atoms with Gasteiger partial charge in [0, 0.05) is 4.88 Å². The summed E-state index contributed by atoms with van der Waals surface area (Å²) >= 11 is 1.47. The van der Waals surface area contributed by atoms with Crippen LogP contribution in [0.25, 0.3) is 0 Å². The van der Waals surface area contributed by atoms with Crippen LogP contribution in [0.1, 0.15) is 47.0 Å². The van der Waals surface area contributed by atoms with Gasteiger partial charge in [-0.2, -0.15) is 0 Å². The number of nitrogens with one attached hydrogen (secondary N) is 1. The van der Waals surface area contributed by atoms with Crippen LogP contribution in [0.5, 0.6) is 0 Å². The summed E-state index contributed by atoms with van der Waals surface area (Å²) in [6.07, 6.45) is 4.57. The van der Waals surface area contributed by atoms with Gasteiger partial charge in [-0.1, -0.05) is 6.92 Å². The van der Waals surface area contributed by atoms with Gasteiger partial charge in [0.1, 0.15) is 5.00 Å². The van der Waals surface area contributed by atoms with E-state index < -0.39 is 6.04 Å². The minimum absolute atomic E-state index is 0.253. The molecule has 1 aromatic heterocycles. The lowest BCUT2D eigenvalue weighted by atomic mass is 9.95. The molecule has 0 fully saturated rings. The lowest BCUT2D eigenvalue weighted by Crippen LogP contribution is -2.35. The number of amides is 1. The van der Waals surface area contributed by atoms with Gasteiger partial charge in [0.15, 0.2) is 0 Å². The molecule has 0 aromatic carbocycles. The topological polar surface area (TPSA) is 81.4 Å². The van der Waals surface area contributed by atoms with Crippen LogP contribution in [0.2, 0.25) is 0 Å². The Bertz CT molecular complexity index is 525. The minimum atomic E-state index is -0.556. The lowest BCUT2D eigenvalue weighted by molar-refractivity contribution is -0.117. The third kappa shape index (κ3) is 2.86. The van der Waals surface area contributed by atoms with Gasteiger partial charge >= 0.3 is 5.97 Å². The lowest BCUT2D eigenvalue weighted by Gasteiger charge is -2.12. The molecule has 1 aliphatic rings. The summed E-state index contributed by atoms with van der Waals surface area (Å²) in [7, 11) is 1.36. The van der Waals surface area contributed by atoms with Crippen molar-refractivity contribution in [3.05, 3.63) is 16.0 Å². The van der Waals surface area contributed by atoms with Gasteiger partial charge in [-0.3, -0.25) is 4.79 Å². The Labute approximate surface area is 122 Å². The van der Waals surface area contributed by atoms with Gasteiger partial charge in [-0.25, -0.2) is 4.79 Å². The smallest absolute Gasteiger partial charge is 0.341 e. The number of aryl methyl sites for hydroxylation is 1. The molecule has 3 N–H and O–H groups in total. The van der Waals surface area contributed by atoms with Crippen molar-refractivity contribution < 1.29 is 14.3 Å². The Kier molecular flexibility index (Phi) is 4.77. The van der Waals surface area contributed by atoms with Crippen molar-refractivity contribution in [1.82, 2.24) is 0 Å². The first-order valence-electron chi connectivity index (χ1n) is 6.87. The third-order valence-corrected chi connectivity index (χ3v) is 4.78. The van der Waals surface area contributed by atoms with E-state index in [1.165, 1.54) is 23.3 Å². The molecule has 20 heavy (non-hydrogen) atoms. The summed E-state index contributed by atoms with van der Waals surface area (Å²) in [6, 6.07) is -0.556. The molecule has 0 saturated heterocycles. The third-order valence-electron chi connectivity index (χ3n) is 3.57. The van der Waals surface area contributed by atoms with E-state index >= 15 is 0 Å². The van der Waals surface area contributed by atoms with Crippen LogP contribution in [0.4, 0.5) is 5.00 Å². The van der Waals surface area contributed by atoms with Crippen LogP contribution in [0.15, 0.2) is 0 Å². The fourth-order valence-electron chi connectivity index (χ4n) is 2.36. The predicted octanol–water partition coefficient (Wildman–Crippen LogP) is 2.09. The number of esters is 1. The van der Waals surface area contributed by atoms with Crippen molar-refractivity contribution in [2.75, 3.05) is 12.4 Å². The number of carbonyl (C=O) groups is 2. The van der Waals surface area contributed by atoms with E-state index in [4.69, 9.17) is 10.5 Å². The fourth-order valence-corrected chi connectivity index (χ4v) is 3.64. The zero-order chi connectivity index (χ0) is 14.7. The summed E-state index contributed by atoms with van der Waals surface area (Å²) < 4.78 is 4.85. The Morgan fingerprint density at radius 2 is 2.10 bits per heavy atom. The molecule has 0 unspecified atom stereocenters. The summed E-state index contributed by atoms with van der Waals surface area (Å²) in [5.74, 6) is -0.638. The molecule has 0 aliphatic heterocycles. The van der Waals surface area contributed by atoms with E-state index in [0.29, 0.717) is 17.0 Å². The molecular weight excluding hydrogens is 276 g/mol. The zero-order valence-corrected chi connectivity index (χ0v) is 12.6. The summed E-state index contributed by atoms with van der Waals surface area (Å²) in [6.45, 7) is 1.85. The molecule has 1 amide bonds. The van der Waals surface area contributed by atoms with E-state index in [9.17, 15) is 9.59 Å². The summed E-state index contributed by atoms with van der Waals surface area (Å²) in [5, 5.41) is 3.37. The Morgan fingerprint density at radius 3 is 2.75 bits per heavy atom. The number of carbonyl (C=O) groups excluding carboxylic acids is 2. The molecular formula is C14H20N2O3S. The van der Waals surface area contributed by atoms with Crippen LogP contribution >= 0.6 is 11.3 Å². The number of anilines is 1. The summed E-state index contributed by atoms with van der Waals surface area (Å²) in [5.41, 5.74) is 7.27. The van der Waals surface area contributed by atoms with Crippen molar-refractivity contribution in [2.24, 2.45) is 5.73 Å². The van der Waals surface area contributed by atoms with Crippen LogP contribution in [0.3, 0.4) is 0 Å². The standard InChI is InChI=1S/C14H20N2O3S/c1-3-9(15)12(17)16-13-11(14(18)19-2)8-6-4-5-7-10(8)20-13/h9H,3-7,15H2,1-2H3,(H,16,17)/t9-/m1/s1. The highest BCUT2D eigenvalue weighted by atomic mass is 32.1. The Morgan fingerprint density at radius 1 is 1.40 bits per heavy atom. The number of rotatable bonds is 4. The van der Waals surface area contributed by atoms with Crippen molar-refractivity contribution >= 4 is 28.2 Å². The quantitative estimate of drug-likeness (QED) is 0.834. The largest absolute Gasteiger partial charge is 0.465 e. The van der Waals surface area contributed by atoms with Gasteiger partial charge in [-0.05, 0) is 37.7 Å². The maximum atomic E-state index is 12.0. The maximum Gasteiger partial charge on any atom is 0.341 e. The Balaban J connectivity index is 2.34. The van der Waals surface area contributed by atoms with Crippen molar-refractivity contribution in [3.63, 3.8) is 0 Å². The van der Waals surface area contributed by atoms with Crippen molar-refractivity contribution in [2.45, 2.75) is 45.1 Å². The highest BCUT2D eigenvalue weighted by Gasteiger charge is 2.27. The molecule has 1 atom stereocenters. The normalized spacial score (nSPS) is 15.3. The first-order valence-corrected chi connectivity index (χ1v) is 7.69. The molecule has 1 aromatic rings. The number of methoxy groups -OCH3 is 1. The van der Waals surface area contributed by atoms with Gasteiger partial charge < -0.3 is 15.8 Å². The highest BCUT2D eigenvalue weighted by Crippen LogP contribution is 2.38. The molecule has 1 aliphatic carbocycles. The molecule has 5 nitrogen and oxygen atoms in total. The zero-order valence-electron chi connectivity index (χ0n) is 11.8. The first-order chi connectivity index (χ1) is 9.58. The molecule has 1 heterocycles. The molecule has 2 rings (SSSR count). The van der Waals surface area contributed by atoms with Crippen LogP contribution in [-0.4, -0.2) is 25.0 Å². The highest BCUT2D eigenvalue weighted by molar-refractivity contribution is 7.17. The molecule has 0 saturated carbocycles. The number of hydrogen-bond acceptors (Lipinski definition) is 5. The van der Waals surface area contributed by atoms with E-state index in [1.54, 1.807) is 0 Å². The average molecular weight is 296 g/mol. The van der Waals surface area contributed by atoms with Gasteiger partial charge in [0.05, 0.1) is 18.7 Å². The van der Waals surface area contributed by atoms with E-state index in [0.717, 1.165) is 31.2 Å². The van der Waals surface area contributed by atoms with Gasteiger partial charge in [-0.15, -0.1) is 11.3 Å². The predicted molar refractivity (Wildman–Crippen MR) is 79.2 cm³/mol. The monoisotopic (exact) mass is 296 g/mol. The second kappa shape index (κ2) is 6.37. The van der Waals surface area contributed by atoms with E-state index in [-0.39, 0.29) is 11.9 Å². The van der Waals surface area contributed by atoms with Crippen molar-refractivity contribution in [1.29, 1.82) is 0 Å². The number of hydrogen-bond donors (Lipinski definition) is 2. The van der Waals surface area contributed by atoms with Gasteiger partial charge in [0.25, 0.3) is 0 Å². The number of nitrogens with two attached hydrogens (primary N) is 1. The van der Waals surface area contributed by atoms with Crippen LogP contribution in [0, 0.1) is 0 Å². The average Bonchev–Trinajstić information content (AvgIpc) is 2.83. The van der Waals surface area contributed by atoms with Crippen molar-refractivity contribution in [3.8, 4) is 0 Å². The molecule has 0 bridgehead atoms. The molecule has 0 radical (unpaired) electrons. The Hall–Kier alpha value is -1.40. The van der Waals surface area contributed by atoms with Crippen LogP contribution in [-0.2, 0) is 22.4 Å².